The Bertz CT molecular complexity index is 496. The maximum atomic E-state index is 12.4. The lowest BCUT2D eigenvalue weighted by atomic mass is 10.1. The third-order valence-electron chi connectivity index (χ3n) is 4.59. The highest BCUT2D eigenvalue weighted by molar-refractivity contribution is 9.10. The molecule has 2 aliphatic rings. The molecule has 0 N–H and O–H groups in total. The summed E-state index contributed by atoms with van der Waals surface area (Å²) in [7, 11) is 1.92. The summed E-state index contributed by atoms with van der Waals surface area (Å²) in [5, 5.41) is 0. The first-order valence-electron chi connectivity index (χ1n) is 7.77. The van der Waals surface area contributed by atoms with Crippen molar-refractivity contribution >= 4 is 21.8 Å². The van der Waals surface area contributed by atoms with Gasteiger partial charge < -0.3 is 9.64 Å². The number of nitrogens with zero attached hydrogens (tertiary/aromatic N) is 1. The average molecular weight is 352 g/mol. The monoisotopic (exact) mass is 351 g/mol. The topological polar surface area (TPSA) is 29.5 Å². The predicted molar refractivity (Wildman–Crippen MR) is 86.2 cm³/mol. The Kier molecular flexibility index (Phi) is 4.65. The highest BCUT2D eigenvalue weighted by atomic mass is 79.9. The number of benzene rings is 1. The van der Waals surface area contributed by atoms with E-state index < -0.39 is 0 Å². The maximum Gasteiger partial charge on any atom is 0.226 e. The van der Waals surface area contributed by atoms with Gasteiger partial charge in [-0.3, -0.25) is 4.79 Å². The van der Waals surface area contributed by atoms with Crippen LogP contribution in [-0.2, 0) is 9.53 Å². The molecule has 2 fully saturated rings. The first-order chi connectivity index (χ1) is 10.1. The maximum absolute atomic E-state index is 12.4. The summed E-state index contributed by atoms with van der Waals surface area (Å²) in [4.78, 5) is 14.3. The van der Waals surface area contributed by atoms with Crippen LogP contribution in [0.15, 0.2) is 28.7 Å². The number of ether oxygens (including phenoxy) is 1. The molecule has 21 heavy (non-hydrogen) atoms. The van der Waals surface area contributed by atoms with Crippen LogP contribution in [0, 0.1) is 5.92 Å². The van der Waals surface area contributed by atoms with Crippen LogP contribution in [0.3, 0.4) is 0 Å². The summed E-state index contributed by atoms with van der Waals surface area (Å²) < 4.78 is 6.70. The van der Waals surface area contributed by atoms with Gasteiger partial charge in [-0.2, -0.15) is 0 Å². The van der Waals surface area contributed by atoms with E-state index in [4.69, 9.17) is 4.74 Å². The summed E-state index contributed by atoms with van der Waals surface area (Å²) in [5.41, 5.74) is 1.28. The van der Waals surface area contributed by atoms with Crippen LogP contribution in [0.2, 0.25) is 0 Å². The molecular weight excluding hydrogens is 330 g/mol. The van der Waals surface area contributed by atoms with Crippen LogP contribution < -0.4 is 0 Å². The highest BCUT2D eigenvalue weighted by Gasteiger charge is 2.45. The van der Waals surface area contributed by atoms with Crippen molar-refractivity contribution in [1.29, 1.82) is 0 Å². The predicted octanol–water partition coefficient (Wildman–Crippen LogP) is 3.58. The Hall–Kier alpha value is -0.870. The lowest BCUT2D eigenvalue weighted by molar-refractivity contribution is -0.131. The SMILES string of the molecule is CN(CCC1CCCO1)C(=O)C1CC1c1ccc(Br)cc1. The van der Waals surface area contributed by atoms with Crippen molar-refractivity contribution in [2.24, 2.45) is 5.92 Å². The molecular formula is C17H22BrNO2. The molecule has 1 heterocycles. The number of carbonyl (C=O) groups is 1. The van der Waals surface area contributed by atoms with E-state index in [1.54, 1.807) is 0 Å². The fraction of sp³-hybridized carbons (Fsp3) is 0.588. The minimum atomic E-state index is 0.181. The van der Waals surface area contributed by atoms with Crippen molar-refractivity contribution in [1.82, 2.24) is 4.90 Å². The summed E-state index contributed by atoms with van der Waals surface area (Å²) in [6, 6.07) is 8.34. The second kappa shape index (κ2) is 6.49. The minimum absolute atomic E-state index is 0.181. The van der Waals surface area contributed by atoms with Crippen molar-refractivity contribution in [3.63, 3.8) is 0 Å². The normalized spacial score (nSPS) is 27.6. The van der Waals surface area contributed by atoms with E-state index in [1.165, 1.54) is 5.56 Å². The van der Waals surface area contributed by atoms with Crippen LogP contribution in [0.5, 0.6) is 0 Å². The van der Waals surface area contributed by atoms with Crippen LogP contribution in [0.25, 0.3) is 0 Å². The molecule has 4 heteroatoms. The number of hydrogen-bond acceptors (Lipinski definition) is 2. The lowest BCUT2D eigenvalue weighted by Crippen LogP contribution is -2.31. The van der Waals surface area contributed by atoms with Gasteiger partial charge in [0.2, 0.25) is 5.91 Å². The van der Waals surface area contributed by atoms with Gasteiger partial charge in [0.15, 0.2) is 0 Å². The zero-order valence-electron chi connectivity index (χ0n) is 12.4. The van der Waals surface area contributed by atoms with Gasteiger partial charge in [-0.1, -0.05) is 28.1 Å². The molecule has 114 valence electrons. The van der Waals surface area contributed by atoms with Gasteiger partial charge in [0.25, 0.3) is 0 Å². The summed E-state index contributed by atoms with van der Waals surface area (Å²) in [5.74, 6) is 0.886. The van der Waals surface area contributed by atoms with Gasteiger partial charge in [-0.25, -0.2) is 0 Å². The van der Waals surface area contributed by atoms with Crippen molar-refractivity contribution < 1.29 is 9.53 Å². The van der Waals surface area contributed by atoms with Gasteiger partial charge in [0.1, 0.15) is 0 Å². The second-order valence-corrected chi connectivity index (χ2v) is 7.10. The minimum Gasteiger partial charge on any atom is -0.378 e. The van der Waals surface area contributed by atoms with E-state index in [9.17, 15) is 4.79 Å². The quantitative estimate of drug-likeness (QED) is 0.811. The number of carbonyl (C=O) groups excluding carboxylic acids is 1. The molecule has 3 atom stereocenters. The fourth-order valence-corrected chi connectivity index (χ4v) is 3.41. The van der Waals surface area contributed by atoms with Crippen LogP contribution >= 0.6 is 15.9 Å². The van der Waals surface area contributed by atoms with Crippen LogP contribution in [-0.4, -0.2) is 37.1 Å². The van der Waals surface area contributed by atoms with E-state index in [1.807, 2.05) is 11.9 Å². The standard InChI is InChI=1S/C17H22BrNO2/c1-19(9-8-14-3-2-10-21-14)17(20)16-11-15(16)12-4-6-13(18)7-5-12/h4-7,14-16H,2-3,8-11H2,1H3. The Morgan fingerprint density at radius 3 is 2.81 bits per heavy atom. The Morgan fingerprint density at radius 1 is 1.38 bits per heavy atom. The number of amides is 1. The molecule has 1 amide bonds. The first kappa shape index (κ1) is 15.0. The smallest absolute Gasteiger partial charge is 0.226 e. The molecule has 1 aliphatic heterocycles. The molecule has 3 unspecified atom stereocenters. The lowest BCUT2D eigenvalue weighted by Gasteiger charge is -2.19. The van der Waals surface area contributed by atoms with E-state index in [2.05, 4.69) is 40.2 Å². The van der Waals surface area contributed by atoms with Gasteiger partial charge in [-0.05, 0) is 49.3 Å². The van der Waals surface area contributed by atoms with Gasteiger partial charge in [0.05, 0.1) is 6.10 Å². The summed E-state index contributed by atoms with van der Waals surface area (Å²) in [6.07, 6.45) is 4.63. The molecule has 0 aromatic heterocycles. The highest BCUT2D eigenvalue weighted by Crippen LogP contribution is 2.48. The van der Waals surface area contributed by atoms with E-state index in [0.29, 0.717) is 17.9 Å². The third kappa shape index (κ3) is 3.67. The second-order valence-electron chi connectivity index (χ2n) is 6.18. The molecule has 0 bridgehead atoms. The molecule has 1 saturated carbocycles. The molecule has 1 aliphatic carbocycles. The zero-order chi connectivity index (χ0) is 14.8. The first-order valence-corrected chi connectivity index (χ1v) is 8.56. The van der Waals surface area contributed by atoms with Gasteiger partial charge in [-0.15, -0.1) is 0 Å². The summed E-state index contributed by atoms with van der Waals surface area (Å²) >= 11 is 3.45. The fourth-order valence-electron chi connectivity index (χ4n) is 3.15. The number of rotatable bonds is 5. The number of hydrogen-bond donors (Lipinski definition) is 0. The Balaban J connectivity index is 1.48. The van der Waals surface area contributed by atoms with Crippen LogP contribution in [0.4, 0.5) is 0 Å². The molecule has 0 radical (unpaired) electrons. The molecule has 1 aromatic carbocycles. The molecule has 1 aromatic rings. The molecule has 1 saturated heterocycles. The van der Waals surface area contributed by atoms with E-state index in [-0.39, 0.29) is 5.92 Å². The van der Waals surface area contributed by atoms with Crippen molar-refractivity contribution in [2.45, 2.75) is 37.7 Å². The van der Waals surface area contributed by atoms with Crippen molar-refractivity contribution in [2.75, 3.05) is 20.2 Å². The van der Waals surface area contributed by atoms with Crippen molar-refractivity contribution in [3.8, 4) is 0 Å². The summed E-state index contributed by atoms with van der Waals surface area (Å²) in [6.45, 7) is 1.70. The average Bonchev–Trinajstić information content (AvgIpc) is 3.11. The number of halogens is 1. The zero-order valence-corrected chi connectivity index (χ0v) is 14.0. The third-order valence-corrected chi connectivity index (χ3v) is 5.12. The Morgan fingerprint density at radius 2 is 2.14 bits per heavy atom. The largest absolute Gasteiger partial charge is 0.378 e. The van der Waals surface area contributed by atoms with E-state index in [0.717, 1.165) is 43.3 Å². The van der Waals surface area contributed by atoms with E-state index >= 15 is 0 Å². The van der Waals surface area contributed by atoms with Gasteiger partial charge >= 0.3 is 0 Å². The van der Waals surface area contributed by atoms with Gasteiger partial charge in [0, 0.05) is 30.6 Å². The molecule has 3 rings (SSSR count). The van der Waals surface area contributed by atoms with Crippen LogP contribution in [0.1, 0.15) is 37.2 Å². The Labute approximate surface area is 134 Å². The molecule has 3 nitrogen and oxygen atoms in total. The molecule has 0 spiro atoms. The van der Waals surface area contributed by atoms with Crippen molar-refractivity contribution in [3.05, 3.63) is 34.3 Å².